The van der Waals surface area contributed by atoms with Crippen molar-refractivity contribution in [1.29, 1.82) is 0 Å². The second kappa shape index (κ2) is 3.67. The normalized spacial score (nSPS) is 22.5. The van der Waals surface area contributed by atoms with Crippen molar-refractivity contribution in [3.05, 3.63) is 17.7 Å². The van der Waals surface area contributed by atoms with E-state index in [0.717, 1.165) is 11.6 Å². The molecule has 0 amide bonds. The third-order valence-electron chi connectivity index (χ3n) is 1.96. The van der Waals surface area contributed by atoms with Gasteiger partial charge < -0.3 is 5.32 Å². The lowest BCUT2D eigenvalue weighted by Gasteiger charge is -2.17. The summed E-state index contributed by atoms with van der Waals surface area (Å²) >= 11 is 1.56. The van der Waals surface area contributed by atoms with Crippen molar-refractivity contribution in [3.63, 3.8) is 0 Å². The predicted octanol–water partition coefficient (Wildman–Crippen LogP) is 2.06. The summed E-state index contributed by atoms with van der Waals surface area (Å²) < 4.78 is 0. The van der Waals surface area contributed by atoms with Gasteiger partial charge in [0.15, 0.2) is 0 Å². The molecule has 1 aromatic rings. The van der Waals surface area contributed by atoms with Crippen molar-refractivity contribution in [2.45, 2.75) is 25.3 Å². The number of aromatic nitrogens is 2. The lowest BCUT2D eigenvalue weighted by atomic mass is 10.0. The number of anilines is 1. The number of rotatable bonds is 2. The highest BCUT2D eigenvalue weighted by Crippen LogP contribution is 2.17. The van der Waals surface area contributed by atoms with Gasteiger partial charge in [-0.2, -0.15) is 0 Å². The molecule has 0 radical (unpaired) electrons. The van der Waals surface area contributed by atoms with Crippen LogP contribution >= 0.6 is 11.3 Å². The Bertz CT molecular complexity index is 255. The highest BCUT2D eigenvalue weighted by Gasteiger charge is 2.09. The fraction of sp³-hybridized carbons (Fsp3) is 0.500. The summed E-state index contributed by atoms with van der Waals surface area (Å²) in [6.45, 7) is 0. The van der Waals surface area contributed by atoms with Crippen LogP contribution in [-0.4, -0.2) is 16.2 Å². The minimum atomic E-state index is 0.558. The zero-order chi connectivity index (χ0) is 8.23. The summed E-state index contributed by atoms with van der Waals surface area (Å²) in [7, 11) is 0. The lowest BCUT2D eigenvalue weighted by Crippen LogP contribution is -2.19. The van der Waals surface area contributed by atoms with Crippen LogP contribution in [0.1, 0.15) is 19.3 Å². The van der Waals surface area contributed by atoms with Gasteiger partial charge in [-0.3, -0.25) is 0 Å². The minimum absolute atomic E-state index is 0.558. The summed E-state index contributed by atoms with van der Waals surface area (Å²) in [5.74, 6) is 0. The smallest absolute Gasteiger partial charge is 0.205 e. The van der Waals surface area contributed by atoms with E-state index in [1.54, 1.807) is 16.8 Å². The van der Waals surface area contributed by atoms with Gasteiger partial charge in [0.1, 0.15) is 5.51 Å². The molecule has 12 heavy (non-hydrogen) atoms. The molecule has 1 N–H and O–H groups in total. The Balaban J connectivity index is 1.91. The standard InChI is InChI=1S/C8H11N3S/c1-2-4-7(5-3-1)10-8-11-9-6-12-8/h1-2,6-7H,3-5H2,(H,10,11). The van der Waals surface area contributed by atoms with Gasteiger partial charge in [0.25, 0.3) is 0 Å². The highest BCUT2D eigenvalue weighted by molar-refractivity contribution is 7.13. The maximum Gasteiger partial charge on any atom is 0.205 e. The first-order valence-electron chi connectivity index (χ1n) is 4.13. The quantitative estimate of drug-likeness (QED) is 0.710. The van der Waals surface area contributed by atoms with Crippen LogP contribution in [0.4, 0.5) is 5.13 Å². The number of hydrogen-bond acceptors (Lipinski definition) is 4. The first kappa shape index (κ1) is 7.73. The SMILES string of the molecule is C1=CCC(Nc2nncs2)CC1. The second-order valence-electron chi connectivity index (χ2n) is 2.87. The van der Waals surface area contributed by atoms with Crippen molar-refractivity contribution in [1.82, 2.24) is 10.2 Å². The van der Waals surface area contributed by atoms with Crippen LogP contribution in [0.15, 0.2) is 17.7 Å². The molecule has 1 heterocycles. The molecule has 0 fully saturated rings. The van der Waals surface area contributed by atoms with E-state index < -0.39 is 0 Å². The molecule has 64 valence electrons. The molecule has 1 aliphatic rings. The highest BCUT2D eigenvalue weighted by atomic mass is 32.1. The Kier molecular flexibility index (Phi) is 2.36. The van der Waals surface area contributed by atoms with Gasteiger partial charge in [0, 0.05) is 6.04 Å². The van der Waals surface area contributed by atoms with E-state index in [1.807, 2.05) is 0 Å². The fourth-order valence-electron chi connectivity index (χ4n) is 1.34. The molecule has 0 spiro atoms. The Hall–Kier alpha value is -0.900. The third-order valence-corrected chi connectivity index (χ3v) is 2.58. The molecule has 1 aliphatic carbocycles. The average molecular weight is 181 g/mol. The van der Waals surface area contributed by atoms with Gasteiger partial charge in [-0.25, -0.2) is 0 Å². The Morgan fingerprint density at radius 1 is 1.50 bits per heavy atom. The molecular weight excluding hydrogens is 170 g/mol. The Morgan fingerprint density at radius 3 is 3.17 bits per heavy atom. The molecule has 1 atom stereocenters. The fourth-order valence-corrected chi connectivity index (χ4v) is 1.86. The average Bonchev–Trinajstić information content (AvgIpc) is 2.59. The van der Waals surface area contributed by atoms with Crippen molar-refractivity contribution in [3.8, 4) is 0 Å². The molecule has 3 nitrogen and oxygen atoms in total. The van der Waals surface area contributed by atoms with Gasteiger partial charge >= 0.3 is 0 Å². The van der Waals surface area contributed by atoms with Gasteiger partial charge in [-0.15, -0.1) is 10.2 Å². The van der Waals surface area contributed by atoms with E-state index >= 15 is 0 Å². The van der Waals surface area contributed by atoms with Crippen LogP contribution in [0.3, 0.4) is 0 Å². The molecule has 1 unspecified atom stereocenters. The summed E-state index contributed by atoms with van der Waals surface area (Å²) in [4.78, 5) is 0. The first-order chi connectivity index (χ1) is 5.95. The summed E-state index contributed by atoms with van der Waals surface area (Å²) in [6.07, 6.45) is 7.95. The molecule has 0 aromatic carbocycles. The van der Waals surface area contributed by atoms with Crippen molar-refractivity contribution in [2.75, 3.05) is 5.32 Å². The molecule has 4 heteroatoms. The van der Waals surface area contributed by atoms with E-state index in [1.165, 1.54) is 12.8 Å². The summed E-state index contributed by atoms with van der Waals surface area (Å²) in [5, 5.41) is 12.0. The molecule has 2 rings (SSSR count). The lowest BCUT2D eigenvalue weighted by molar-refractivity contribution is 0.643. The van der Waals surface area contributed by atoms with Gasteiger partial charge in [0.2, 0.25) is 5.13 Å². The molecule has 0 aliphatic heterocycles. The van der Waals surface area contributed by atoms with Crippen molar-refractivity contribution in [2.24, 2.45) is 0 Å². The Labute approximate surface area is 75.5 Å². The van der Waals surface area contributed by atoms with E-state index in [9.17, 15) is 0 Å². The number of nitrogens with one attached hydrogen (secondary N) is 1. The maximum atomic E-state index is 3.94. The zero-order valence-corrected chi connectivity index (χ0v) is 7.55. The van der Waals surface area contributed by atoms with Gasteiger partial charge in [-0.05, 0) is 19.3 Å². The monoisotopic (exact) mass is 181 g/mol. The topological polar surface area (TPSA) is 37.8 Å². The van der Waals surface area contributed by atoms with E-state index in [0.29, 0.717) is 6.04 Å². The van der Waals surface area contributed by atoms with Crippen LogP contribution in [0.2, 0.25) is 0 Å². The second-order valence-corrected chi connectivity index (χ2v) is 3.70. The summed E-state index contributed by atoms with van der Waals surface area (Å²) in [6, 6.07) is 0.558. The van der Waals surface area contributed by atoms with E-state index in [4.69, 9.17) is 0 Å². The molecular formula is C8H11N3S. The predicted molar refractivity (Wildman–Crippen MR) is 50.3 cm³/mol. The first-order valence-corrected chi connectivity index (χ1v) is 5.01. The van der Waals surface area contributed by atoms with Crippen LogP contribution in [0, 0.1) is 0 Å². The van der Waals surface area contributed by atoms with Crippen molar-refractivity contribution < 1.29 is 0 Å². The number of allylic oxidation sites excluding steroid dienone is 1. The minimum Gasteiger partial charge on any atom is -0.357 e. The maximum absolute atomic E-state index is 3.94. The van der Waals surface area contributed by atoms with Crippen LogP contribution in [0.25, 0.3) is 0 Å². The molecule has 1 aromatic heterocycles. The van der Waals surface area contributed by atoms with Crippen LogP contribution < -0.4 is 5.32 Å². The van der Waals surface area contributed by atoms with Gasteiger partial charge in [0.05, 0.1) is 0 Å². The van der Waals surface area contributed by atoms with Crippen LogP contribution in [-0.2, 0) is 0 Å². The Morgan fingerprint density at radius 2 is 2.50 bits per heavy atom. The van der Waals surface area contributed by atoms with Crippen LogP contribution in [0.5, 0.6) is 0 Å². The molecule has 0 saturated carbocycles. The van der Waals surface area contributed by atoms with Crippen molar-refractivity contribution >= 4 is 16.5 Å². The van der Waals surface area contributed by atoms with Gasteiger partial charge in [-0.1, -0.05) is 23.5 Å². The van der Waals surface area contributed by atoms with E-state index in [2.05, 4.69) is 27.7 Å². The summed E-state index contributed by atoms with van der Waals surface area (Å²) in [5.41, 5.74) is 1.75. The zero-order valence-electron chi connectivity index (χ0n) is 6.73. The van der Waals surface area contributed by atoms with E-state index in [-0.39, 0.29) is 0 Å². The third kappa shape index (κ3) is 1.82. The molecule has 0 bridgehead atoms. The molecule has 0 saturated heterocycles. The largest absolute Gasteiger partial charge is 0.357 e. The number of hydrogen-bond donors (Lipinski definition) is 1. The number of nitrogens with zero attached hydrogens (tertiary/aromatic N) is 2.